The van der Waals surface area contributed by atoms with Crippen LogP contribution in [0.25, 0.3) is 33.2 Å². The van der Waals surface area contributed by atoms with Crippen molar-refractivity contribution in [2.45, 2.75) is 0 Å². The fraction of sp³-hybridized carbons (Fsp3) is 0. The molecule has 3 heteroatoms. The van der Waals surface area contributed by atoms with Gasteiger partial charge in [-0.25, -0.2) is 4.98 Å². The van der Waals surface area contributed by atoms with E-state index >= 15 is 0 Å². The van der Waals surface area contributed by atoms with Crippen molar-refractivity contribution in [3.05, 3.63) is 67.0 Å². The second-order valence-electron chi connectivity index (χ2n) is 4.62. The first-order valence-corrected chi connectivity index (χ1v) is 6.48. The quantitative estimate of drug-likeness (QED) is 0.520. The fourth-order valence-corrected chi connectivity index (χ4v) is 2.42. The molecule has 0 aliphatic rings. The van der Waals surface area contributed by atoms with E-state index in [9.17, 15) is 0 Å². The number of nitrogens with zero attached hydrogens (tertiary/aromatic N) is 3. The van der Waals surface area contributed by atoms with Gasteiger partial charge in [-0.2, -0.15) is 0 Å². The van der Waals surface area contributed by atoms with Gasteiger partial charge in [0.1, 0.15) is 0 Å². The molecule has 2 heterocycles. The van der Waals surface area contributed by atoms with E-state index in [1.165, 1.54) is 0 Å². The number of hydrogen-bond acceptors (Lipinski definition) is 3. The molecule has 0 N–H and O–H groups in total. The van der Waals surface area contributed by atoms with Gasteiger partial charge in [-0.15, -0.1) is 0 Å². The predicted molar refractivity (Wildman–Crippen MR) is 80.3 cm³/mol. The van der Waals surface area contributed by atoms with Gasteiger partial charge in [0.2, 0.25) is 0 Å². The minimum absolute atomic E-state index is 0.887. The van der Waals surface area contributed by atoms with Crippen molar-refractivity contribution >= 4 is 21.9 Å². The minimum Gasteiger partial charge on any atom is -0.253 e. The highest BCUT2D eigenvalue weighted by molar-refractivity contribution is 5.92. The van der Waals surface area contributed by atoms with Gasteiger partial charge in [-0.05, 0) is 18.2 Å². The number of para-hydroxylation sites is 2. The zero-order valence-corrected chi connectivity index (χ0v) is 10.7. The Bertz CT molecular complexity index is 910. The van der Waals surface area contributed by atoms with Gasteiger partial charge in [-0.3, -0.25) is 9.97 Å². The van der Waals surface area contributed by atoms with E-state index in [1.54, 1.807) is 12.4 Å². The van der Waals surface area contributed by atoms with Crippen molar-refractivity contribution in [1.29, 1.82) is 0 Å². The van der Waals surface area contributed by atoms with Gasteiger partial charge in [0, 0.05) is 23.3 Å². The molecule has 0 fully saturated rings. The lowest BCUT2D eigenvalue weighted by atomic mass is 10.1. The van der Waals surface area contributed by atoms with Crippen LogP contribution in [0.3, 0.4) is 0 Å². The Morgan fingerprint density at radius 2 is 1.50 bits per heavy atom. The van der Waals surface area contributed by atoms with Crippen LogP contribution in [0.15, 0.2) is 67.0 Å². The van der Waals surface area contributed by atoms with Crippen LogP contribution in [-0.2, 0) is 0 Å². The van der Waals surface area contributed by atoms with Crippen molar-refractivity contribution in [3.63, 3.8) is 0 Å². The topological polar surface area (TPSA) is 38.7 Å². The summed E-state index contributed by atoms with van der Waals surface area (Å²) in [5.74, 6) is 0. The molecule has 20 heavy (non-hydrogen) atoms. The summed E-state index contributed by atoms with van der Waals surface area (Å²) in [6, 6.07) is 18.2. The first kappa shape index (κ1) is 11.1. The molecule has 0 radical (unpaired) electrons. The summed E-state index contributed by atoms with van der Waals surface area (Å²) < 4.78 is 0. The maximum Gasteiger partial charge on any atom is 0.0980 e. The van der Waals surface area contributed by atoms with Gasteiger partial charge in [-0.1, -0.05) is 36.4 Å². The van der Waals surface area contributed by atoms with E-state index in [-0.39, 0.29) is 0 Å². The molecule has 4 aromatic rings. The molecule has 3 nitrogen and oxygen atoms in total. The van der Waals surface area contributed by atoms with E-state index in [4.69, 9.17) is 4.98 Å². The fourth-order valence-electron chi connectivity index (χ4n) is 2.42. The molecule has 2 aromatic heterocycles. The maximum atomic E-state index is 4.73. The number of rotatable bonds is 1. The Labute approximate surface area is 116 Å². The van der Waals surface area contributed by atoms with E-state index in [1.807, 2.05) is 42.5 Å². The SMILES string of the molecule is c1ccc2nc(-c3cccc4nccnc34)ccc2c1. The molecule has 0 bridgehead atoms. The third-order valence-electron chi connectivity index (χ3n) is 3.37. The standard InChI is InChI=1S/C17H11N3/c1-2-6-14-12(4-1)8-9-15(20-14)13-5-3-7-16-17(13)19-11-10-18-16/h1-11H. The molecule has 0 saturated carbocycles. The molecule has 0 amide bonds. The van der Waals surface area contributed by atoms with Crippen LogP contribution in [0, 0.1) is 0 Å². The highest BCUT2D eigenvalue weighted by Crippen LogP contribution is 2.26. The summed E-state index contributed by atoms with van der Waals surface area (Å²) >= 11 is 0. The summed E-state index contributed by atoms with van der Waals surface area (Å²) in [4.78, 5) is 13.5. The molecule has 0 atom stereocenters. The molecule has 2 aromatic carbocycles. The third-order valence-corrected chi connectivity index (χ3v) is 3.37. The van der Waals surface area contributed by atoms with Crippen LogP contribution in [0.5, 0.6) is 0 Å². The molecule has 0 unspecified atom stereocenters. The average molecular weight is 257 g/mol. The predicted octanol–water partition coefficient (Wildman–Crippen LogP) is 3.85. The first-order chi connectivity index (χ1) is 9.92. The van der Waals surface area contributed by atoms with Crippen LogP contribution in [-0.4, -0.2) is 15.0 Å². The second kappa shape index (κ2) is 4.38. The number of fused-ring (bicyclic) bond motifs is 2. The van der Waals surface area contributed by atoms with Crippen molar-refractivity contribution in [2.24, 2.45) is 0 Å². The zero-order valence-electron chi connectivity index (χ0n) is 10.7. The minimum atomic E-state index is 0.887. The van der Waals surface area contributed by atoms with Gasteiger partial charge < -0.3 is 0 Å². The Morgan fingerprint density at radius 3 is 2.50 bits per heavy atom. The highest BCUT2D eigenvalue weighted by Gasteiger charge is 2.07. The lowest BCUT2D eigenvalue weighted by Crippen LogP contribution is -1.89. The highest BCUT2D eigenvalue weighted by atomic mass is 14.8. The van der Waals surface area contributed by atoms with Crippen LogP contribution in [0.4, 0.5) is 0 Å². The Hall–Kier alpha value is -2.81. The van der Waals surface area contributed by atoms with Gasteiger partial charge >= 0.3 is 0 Å². The van der Waals surface area contributed by atoms with Gasteiger partial charge in [0.25, 0.3) is 0 Å². The Balaban J connectivity index is 2.01. The second-order valence-corrected chi connectivity index (χ2v) is 4.62. The molecule has 4 rings (SSSR count). The first-order valence-electron chi connectivity index (χ1n) is 6.48. The summed E-state index contributed by atoms with van der Waals surface area (Å²) in [6.07, 6.45) is 3.42. The van der Waals surface area contributed by atoms with Crippen molar-refractivity contribution in [3.8, 4) is 11.3 Å². The van der Waals surface area contributed by atoms with Crippen LogP contribution in [0.1, 0.15) is 0 Å². The van der Waals surface area contributed by atoms with E-state index in [0.29, 0.717) is 0 Å². The van der Waals surface area contributed by atoms with Crippen LogP contribution < -0.4 is 0 Å². The smallest absolute Gasteiger partial charge is 0.0980 e. The lowest BCUT2D eigenvalue weighted by molar-refractivity contribution is 1.29. The molecule has 0 aliphatic carbocycles. The third kappa shape index (κ3) is 1.72. The number of hydrogen-bond donors (Lipinski definition) is 0. The van der Waals surface area contributed by atoms with Crippen molar-refractivity contribution in [2.75, 3.05) is 0 Å². The van der Waals surface area contributed by atoms with E-state index in [2.05, 4.69) is 22.1 Å². The van der Waals surface area contributed by atoms with Crippen LogP contribution >= 0.6 is 0 Å². The Kier molecular flexibility index (Phi) is 2.42. The molecule has 94 valence electrons. The molecular weight excluding hydrogens is 246 g/mol. The number of aromatic nitrogens is 3. The molecule has 0 aliphatic heterocycles. The molecular formula is C17H11N3. The zero-order chi connectivity index (χ0) is 13.4. The maximum absolute atomic E-state index is 4.73. The van der Waals surface area contributed by atoms with Gasteiger partial charge in [0.05, 0.1) is 22.2 Å². The Morgan fingerprint density at radius 1 is 0.650 bits per heavy atom. The monoisotopic (exact) mass is 257 g/mol. The summed E-state index contributed by atoms with van der Waals surface area (Å²) in [6.45, 7) is 0. The van der Waals surface area contributed by atoms with Crippen molar-refractivity contribution in [1.82, 2.24) is 15.0 Å². The largest absolute Gasteiger partial charge is 0.253 e. The normalized spacial score (nSPS) is 11.0. The van der Waals surface area contributed by atoms with E-state index < -0.39 is 0 Å². The van der Waals surface area contributed by atoms with Gasteiger partial charge in [0.15, 0.2) is 0 Å². The van der Waals surface area contributed by atoms with Crippen molar-refractivity contribution < 1.29 is 0 Å². The number of benzene rings is 2. The lowest BCUT2D eigenvalue weighted by Gasteiger charge is -2.05. The average Bonchev–Trinajstić information content (AvgIpc) is 2.54. The summed E-state index contributed by atoms with van der Waals surface area (Å²) in [5.41, 5.74) is 4.71. The van der Waals surface area contributed by atoms with E-state index in [0.717, 1.165) is 33.2 Å². The van der Waals surface area contributed by atoms with Crippen LogP contribution in [0.2, 0.25) is 0 Å². The summed E-state index contributed by atoms with van der Waals surface area (Å²) in [7, 11) is 0. The summed E-state index contributed by atoms with van der Waals surface area (Å²) in [5, 5.41) is 1.14. The molecule has 0 saturated heterocycles. The number of pyridine rings is 1. The molecule has 0 spiro atoms.